The van der Waals surface area contributed by atoms with Gasteiger partial charge in [-0.25, -0.2) is 4.98 Å². The van der Waals surface area contributed by atoms with Crippen molar-refractivity contribution in [1.29, 1.82) is 0 Å². The Balaban J connectivity index is 1.59. The van der Waals surface area contributed by atoms with Crippen molar-refractivity contribution in [3.63, 3.8) is 0 Å². The van der Waals surface area contributed by atoms with Crippen LogP contribution >= 0.6 is 11.6 Å². The molecular weight excluding hydrogens is 288 g/mol. The number of hydrogen-bond acceptors (Lipinski definition) is 5. The van der Waals surface area contributed by atoms with Gasteiger partial charge in [0.05, 0.1) is 6.33 Å². The van der Waals surface area contributed by atoms with Gasteiger partial charge in [0.15, 0.2) is 11.5 Å². The Bertz CT molecular complexity index is 642. The topological polar surface area (TPSA) is 69.7 Å². The molecule has 0 spiro atoms. The fraction of sp³-hybridized carbons (Fsp3) is 0.643. The van der Waals surface area contributed by atoms with Gasteiger partial charge in [-0.15, -0.1) is 0 Å². The molecule has 7 heteroatoms. The minimum absolute atomic E-state index is 0.241. The lowest BCUT2D eigenvalue weighted by Crippen LogP contribution is -2.52. The monoisotopic (exact) mass is 306 g/mol. The van der Waals surface area contributed by atoms with E-state index in [1.165, 1.54) is 19.3 Å². The molecule has 112 valence electrons. The SMILES string of the molecule is CN1C2CCCC1CC(Nc1nc(Cl)nc3nc[nH]c13)C2. The first-order valence-corrected chi connectivity index (χ1v) is 7.93. The van der Waals surface area contributed by atoms with Crippen LogP contribution in [0.1, 0.15) is 32.1 Å². The third kappa shape index (κ3) is 2.36. The normalized spacial score (nSPS) is 29.7. The van der Waals surface area contributed by atoms with Crippen LogP contribution in [0.5, 0.6) is 0 Å². The summed E-state index contributed by atoms with van der Waals surface area (Å²) in [6.45, 7) is 0. The van der Waals surface area contributed by atoms with Crippen LogP contribution in [0.2, 0.25) is 5.28 Å². The van der Waals surface area contributed by atoms with Gasteiger partial charge in [0.1, 0.15) is 5.52 Å². The number of fused-ring (bicyclic) bond motifs is 3. The molecule has 2 saturated heterocycles. The van der Waals surface area contributed by atoms with E-state index < -0.39 is 0 Å². The average Bonchev–Trinajstić information content (AvgIpc) is 2.88. The number of halogens is 1. The standard InChI is InChI=1S/C14H19ClN6/c1-21-9-3-2-4-10(21)6-8(5-9)18-13-11-12(17-7-16-11)19-14(15)20-13/h7-10H,2-6H2,1H3,(H2,16,17,18,19,20). The Labute approximate surface area is 128 Å². The number of aromatic nitrogens is 4. The highest BCUT2D eigenvalue weighted by Crippen LogP contribution is 2.34. The van der Waals surface area contributed by atoms with Gasteiger partial charge in [0, 0.05) is 18.1 Å². The number of rotatable bonds is 2. The highest BCUT2D eigenvalue weighted by molar-refractivity contribution is 6.28. The maximum Gasteiger partial charge on any atom is 0.226 e. The smallest absolute Gasteiger partial charge is 0.226 e. The fourth-order valence-electron chi connectivity index (χ4n) is 3.84. The Morgan fingerprint density at radius 1 is 1.29 bits per heavy atom. The van der Waals surface area contributed by atoms with E-state index in [-0.39, 0.29) is 5.28 Å². The second-order valence-electron chi connectivity index (χ2n) is 6.16. The summed E-state index contributed by atoms with van der Waals surface area (Å²) in [7, 11) is 2.26. The van der Waals surface area contributed by atoms with E-state index in [0.717, 1.165) is 24.2 Å². The predicted octanol–water partition coefficient (Wildman–Crippen LogP) is 2.43. The Morgan fingerprint density at radius 3 is 2.81 bits per heavy atom. The number of H-pyrrole nitrogens is 1. The molecule has 2 bridgehead atoms. The molecule has 4 rings (SSSR count). The molecule has 6 nitrogen and oxygen atoms in total. The van der Waals surface area contributed by atoms with Gasteiger partial charge in [0.25, 0.3) is 0 Å². The summed E-state index contributed by atoms with van der Waals surface area (Å²) in [5, 5.41) is 3.81. The summed E-state index contributed by atoms with van der Waals surface area (Å²) in [5.41, 5.74) is 1.45. The highest BCUT2D eigenvalue weighted by atomic mass is 35.5. The van der Waals surface area contributed by atoms with Crippen molar-refractivity contribution in [2.75, 3.05) is 12.4 Å². The summed E-state index contributed by atoms with van der Waals surface area (Å²) in [5.74, 6) is 0.773. The van der Waals surface area contributed by atoms with Crippen LogP contribution in [-0.4, -0.2) is 50.0 Å². The number of nitrogens with one attached hydrogen (secondary N) is 2. The third-order valence-electron chi connectivity index (χ3n) is 4.94. The summed E-state index contributed by atoms with van der Waals surface area (Å²) in [4.78, 5) is 18.3. The lowest BCUT2D eigenvalue weighted by atomic mass is 9.82. The van der Waals surface area contributed by atoms with Crippen molar-refractivity contribution in [3.05, 3.63) is 11.6 Å². The summed E-state index contributed by atoms with van der Waals surface area (Å²) in [6, 6.07) is 1.81. The van der Waals surface area contributed by atoms with Crippen LogP contribution < -0.4 is 5.32 Å². The van der Waals surface area contributed by atoms with Gasteiger partial charge < -0.3 is 15.2 Å². The molecule has 0 aliphatic carbocycles. The first-order chi connectivity index (χ1) is 10.2. The van der Waals surface area contributed by atoms with E-state index in [0.29, 0.717) is 23.8 Å². The zero-order valence-corrected chi connectivity index (χ0v) is 12.8. The number of aromatic amines is 1. The summed E-state index contributed by atoms with van der Waals surface area (Å²) < 4.78 is 0. The molecular formula is C14H19ClN6. The molecule has 0 saturated carbocycles. The van der Waals surface area contributed by atoms with E-state index in [2.05, 4.69) is 37.2 Å². The number of imidazole rings is 1. The van der Waals surface area contributed by atoms with Gasteiger partial charge in [-0.05, 0) is 44.3 Å². The van der Waals surface area contributed by atoms with Crippen LogP contribution in [0.3, 0.4) is 0 Å². The van der Waals surface area contributed by atoms with Crippen molar-refractivity contribution in [1.82, 2.24) is 24.8 Å². The molecule has 2 aromatic rings. The summed E-state index contributed by atoms with van der Waals surface area (Å²) >= 11 is 5.99. The van der Waals surface area contributed by atoms with Crippen molar-refractivity contribution < 1.29 is 0 Å². The van der Waals surface area contributed by atoms with Gasteiger partial charge in [-0.1, -0.05) is 6.42 Å². The molecule has 21 heavy (non-hydrogen) atoms. The minimum Gasteiger partial charge on any atom is -0.365 e. The van der Waals surface area contributed by atoms with Gasteiger partial charge in [-0.2, -0.15) is 9.97 Å². The van der Waals surface area contributed by atoms with Crippen molar-refractivity contribution in [3.8, 4) is 0 Å². The molecule has 2 aliphatic rings. The van der Waals surface area contributed by atoms with Gasteiger partial charge >= 0.3 is 0 Å². The van der Waals surface area contributed by atoms with E-state index in [9.17, 15) is 0 Å². The molecule has 2 fully saturated rings. The molecule has 0 amide bonds. The molecule has 2 aliphatic heterocycles. The largest absolute Gasteiger partial charge is 0.365 e. The Kier molecular flexibility index (Phi) is 3.23. The molecule has 0 radical (unpaired) electrons. The number of piperidine rings is 2. The van der Waals surface area contributed by atoms with Crippen molar-refractivity contribution in [2.45, 2.75) is 50.2 Å². The molecule has 2 aromatic heterocycles. The zero-order valence-electron chi connectivity index (χ0n) is 12.0. The maximum absolute atomic E-state index is 5.99. The quantitative estimate of drug-likeness (QED) is 0.834. The van der Waals surface area contributed by atoms with Crippen LogP contribution in [-0.2, 0) is 0 Å². The molecule has 2 unspecified atom stereocenters. The molecule has 2 N–H and O–H groups in total. The Morgan fingerprint density at radius 2 is 2.05 bits per heavy atom. The molecule has 2 atom stereocenters. The molecule has 0 aromatic carbocycles. The first kappa shape index (κ1) is 13.3. The first-order valence-electron chi connectivity index (χ1n) is 7.56. The second kappa shape index (κ2) is 5.10. The van der Waals surface area contributed by atoms with Crippen molar-refractivity contribution >= 4 is 28.6 Å². The van der Waals surface area contributed by atoms with E-state index in [4.69, 9.17) is 11.6 Å². The molecule has 4 heterocycles. The maximum atomic E-state index is 5.99. The Hall–Kier alpha value is -1.40. The average molecular weight is 307 g/mol. The van der Waals surface area contributed by atoms with E-state index >= 15 is 0 Å². The number of hydrogen-bond donors (Lipinski definition) is 2. The predicted molar refractivity (Wildman–Crippen MR) is 82.5 cm³/mol. The third-order valence-corrected chi connectivity index (χ3v) is 5.11. The van der Waals surface area contributed by atoms with Gasteiger partial charge in [-0.3, -0.25) is 0 Å². The summed E-state index contributed by atoms with van der Waals surface area (Å²) in [6.07, 6.45) is 7.90. The second-order valence-corrected chi connectivity index (χ2v) is 6.50. The van der Waals surface area contributed by atoms with Crippen LogP contribution in [0.25, 0.3) is 11.2 Å². The van der Waals surface area contributed by atoms with Crippen LogP contribution in [0.4, 0.5) is 5.82 Å². The number of anilines is 1. The van der Waals surface area contributed by atoms with Crippen LogP contribution in [0, 0.1) is 0 Å². The van der Waals surface area contributed by atoms with E-state index in [1.54, 1.807) is 6.33 Å². The van der Waals surface area contributed by atoms with Crippen LogP contribution in [0.15, 0.2) is 6.33 Å². The van der Waals surface area contributed by atoms with E-state index in [1.807, 2.05) is 0 Å². The lowest BCUT2D eigenvalue weighted by molar-refractivity contribution is 0.0608. The highest BCUT2D eigenvalue weighted by Gasteiger charge is 2.36. The fourth-order valence-corrected chi connectivity index (χ4v) is 4.00. The lowest BCUT2D eigenvalue weighted by Gasteiger charge is -2.47. The minimum atomic E-state index is 0.241. The number of nitrogens with zero attached hydrogens (tertiary/aromatic N) is 4. The van der Waals surface area contributed by atoms with Gasteiger partial charge in [0.2, 0.25) is 5.28 Å². The zero-order chi connectivity index (χ0) is 14.4. The van der Waals surface area contributed by atoms with Crippen molar-refractivity contribution in [2.24, 2.45) is 0 Å².